The van der Waals surface area contributed by atoms with Gasteiger partial charge in [-0.05, 0) is 56.2 Å². The van der Waals surface area contributed by atoms with E-state index < -0.39 is 23.6 Å². The van der Waals surface area contributed by atoms with Crippen molar-refractivity contribution in [3.63, 3.8) is 0 Å². The summed E-state index contributed by atoms with van der Waals surface area (Å²) in [5.74, 6) is 0.00129. The fourth-order valence-corrected chi connectivity index (χ4v) is 5.29. The van der Waals surface area contributed by atoms with Crippen molar-refractivity contribution < 1.29 is 19.1 Å². The molecule has 232 valence electrons. The first-order valence-corrected chi connectivity index (χ1v) is 14.9. The number of likely N-dealkylation sites (tertiary alicyclic amines) is 1. The molecule has 0 radical (unpaired) electrons. The molecule has 0 saturated carbocycles. The molecule has 0 spiro atoms. The lowest BCUT2D eigenvalue weighted by Gasteiger charge is -2.27. The van der Waals surface area contributed by atoms with Gasteiger partial charge in [0.2, 0.25) is 0 Å². The molecule has 4 heterocycles. The summed E-state index contributed by atoms with van der Waals surface area (Å²) in [6, 6.07) is 22.1. The molecule has 5 aromatic rings. The van der Waals surface area contributed by atoms with E-state index in [2.05, 4.69) is 20.6 Å². The molecule has 0 bridgehead atoms. The van der Waals surface area contributed by atoms with Crippen LogP contribution < -0.4 is 10.6 Å². The van der Waals surface area contributed by atoms with Crippen molar-refractivity contribution in [1.82, 2.24) is 24.8 Å². The van der Waals surface area contributed by atoms with Crippen molar-refractivity contribution in [1.29, 1.82) is 0 Å². The van der Waals surface area contributed by atoms with E-state index in [1.165, 1.54) is 6.20 Å². The van der Waals surface area contributed by atoms with Gasteiger partial charge in [-0.15, -0.1) is 0 Å². The molecule has 1 atom stereocenters. The average Bonchev–Trinajstić information content (AvgIpc) is 3.45. The number of carbonyl (C=O) groups excluding carboxylic acids is 3. The minimum absolute atomic E-state index is 0.0692. The summed E-state index contributed by atoms with van der Waals surface area (Å²) < 4.78 is 5.42. The van der Waals surface area contributed by atoms with Crippen LogP contribution in [0, 0.1) is 0 Å². The Kier molecular flexibility index (Phi) is 8.39. The smallest absolute Gasteiger partial charge is 0.411 e. The predicted molar refractivity (Wildman–Crippen MR) is 175 cm³/mol. The van der Waals surface area contributed by atoms with E-state index in [4.69, 9.17) is 14.7 Å². The molecule has 2 aromatic carbocycles. The Hall–Kier alpha value is -5.71. The maximum atomic E-state index is 13.3. The van der Waals surface area contributed by atoms with Crippen molar-refractivity contribution in [2.24, 2.45) is 0 Å². The predicted octanol–water partition coefficient (Wildman–Crippen LogP) is 5.88. The van der Waals surface area contributed by atoms with E-state index in [9.17, 15) is 14.4 Å². The minimum Gasteiger partial charge on any atom is -0.444 e. The molecule has 11 heteroatoms. The summed E-state index contributed by atoms with van der Waals surface area (Å²) in [4.78, 5) is 58.5. The number of Topliss-reactive ketones (excluding diaryl/α,β-unsaturated/α-hetero) is 1. The number of nitrogens with zero attached hydrogens (tertiary/aromatic N) is 5. The SMILES string of the molecule is CC(C)(C)OC(=O)N1CCC(=O)[C@H]1C(=O)Nc1cncc(-c2nc(NCc3ccccn3)c3c(-c4ccccc4)cccc3n2)c1. The zero-order chi connectivity index (χ0) is 32.3. The van der Waals surface area contributed by atoms with Crippen molar-refractivity contribution in [3.8, 4) is 22.5 Å². The van der Waals surface area contributed by atoms with E-state index >= 15 is 0 Å². The number of hydrogen-bond acceptors (Lipinski definition) is 9. The summed E-state index contributed by atoms with van der Waals surface area (Å²) in [5.41, 5.74) is 3.68. The number of hydrogen-bond donors (Lipinski definition) is 2. The maximum Gasteiger partial charge on any atom is 0.411 e. The summed E-state index contributed by atoms with van der Waals surface area (Å²) >= 11 is 0. The second kappa shape index (κ2) is 12.7. The Morgan fingerprint density at radius 3 is 2.52 bits per heavy atom. The number of ether oxygens (including phenoxy) is 1. The highest BCUT2D eigenvalue weighted by Gasteiger charge is 2.42. The van der Waals surface area contributed by atoms with Gasteiger partial charge in [0.25, 0.3) is 5.91 Å². The normalized spacial score (nSPS) is 14.7. The molecule has 46 heavy (non-hydrogen) atoms. The monoisotopic (exact) mass is 615 g/mol. The Morgan fingerprint density at radius 2 is 1.76 bits per heavy atom. The number of pyridine rings is 2. The molecule has 0 unspecified atom stereocenters. The van der Waals surface area contributed by atoms with Crippen molar-refractivity contribution in [2.75, 3.05) is 17.2 Å². The first kappa shape index (κ1) is 30.3. The van der Waals surface area contributed by atoms with Gasteiger partial charge in [0.05, 0.1) is 35.0 Å². The second-order valence-corrected chi connectivity index (χ2v) is 11.9. The highest BCUT2D eigenvalue weighted by Crippen LogP contribution is 2.34. The largest absolute Gasteiger partial charge is 0.444 e. The number of nitrogens with one attached hydrogen (secondary N) is 2. The number of fused-ring (bicyclic) bond motifs is 1. The number of ketones is 1. The number of rotatable bonds is 7. The van der Waals surface area contributed by atoms with Crippen LogP contribution in [0.5, 0.6) is 0 Å². The molecule has 1 fully saturated rings. The second-order valence-electron chi connectivity index (χ2n) is 11.9. The van der Waals surface area contributed by atoms with Crippen LogP contribution in [0.4, 0.5) is 16.3 Å². The summed E-state index contributed by atoms with van der Waals surface area (Å²) in [6.45, 7) is 5.73. The zero-order valence-electron chi connectivity index (χ0n) is 25.7. The van der Waals surface area contributed by atoms with Crippen LogP contribution in [0.1, 0.15) is 32.9 Å². The van der Waals surface area contributed by atoms with Gasteiger partial charge in [0.1, 0.15) is 11.4 Å². The Labute approximate surface area is 266 Å². The highest BCUT2D eigenvalue weighted by atomic mass is 16.6. The van der Waals surface area contributed by atoms with Crippen LogP contribution in [0.25, 0.3) is 33.4 Å². The first-order chi connectivity index (χ1) is 22.2. The van der Waals surface area contributed by atoms with Gasteiger partial charge >= 0.3 is 6.09 Å². The van der Waals surface area contributed by atoms with Crippen molar-refractivity contribution in [3.05, 3.63) is 97.1 Å². The molecule has 6 rings (SSSR count). The summed E-state index contributed by atoms with van der Waals surface area (Å²) in [7, 11) is 0. The van der Waals surface area contributed by atoms with Crippen molar-refractivity contribution in [2.45, 2.75) is 45.4 Å². The van der Waals surface area contributed by atoms with Crippen LogP contribution in [0.15, 0.2) is 91.4 Å². The lowest BCUT2D eigenvalue weighted by Crippen LogP contribution is -2.47. The standard InChI is InChI=1S/C35H33N7O4/c1-35(2,3)46-34(45)42-17-15-28(43)30(42)33(44)39-25-18-23(19-36-20-25)31-40-27-14-9-13-26(22-10-5-4-6-11-22)29(27)32(41-31)38-21-24-12-7-8-16-37-24/h4-14,16,18-20,30H,15,17,21H2,1-3H3,(H,39,44)(H,38,40,41)/t30-/m0/s1. The molecule has 1 aliphatic heterocycles. The Balaban J connectivity index is 1.33. The van der Waals surface area contributed by atoms with Gasteiger partial charge in [-0.1, -0.05) is 48.5 Å². The van der Waals surface area contributed by atoms with Gasteiger partial charge < -0.3 is 15.4 Å². The van der Waals surface area contributed by atoms with Crippen LogP contribution in [-0.2, 0) is 20.9 Å². The Bertz CT molecular complexity index is 1910. The van der Waals surface area contributed by atoms with E-state index in [0.717, 1.165) is 27.1 Å². The number of aromatic nitrogens is 4. The van der Waals surface area contributed by atoms with E-state index in [1.54, 1.807) is 39.2 Å². The number of carbonyl (C=O) groups is 3. The third-order valence-electron chi connectivity index (χ3n) is 7.33. The first-order valence-electron chi connectivity index (χ1n) is 14.9. The van der Waals surface area contributed by atoms with Crippen LogP contribution in [-0.4, -0.2) is 60.8 Å². The molecule has 0 aliphatic carbocycles. The van der Waals surface area contributed by atoms with E-state index in [-0.39, 0.29) is 18.7 Å². The third-order valence-corrected chi connectivity index (χ3v) is 7.33. The molecule has 1 aliphatic rings. The fraction of sp³-hybridized carbons (Fsp3) is 0.229. The van der Waals surface area contributed by atoms with E-state index in [0.29, 0.717) is 35.0 Å². The number of amides is 2. The van der Waals surface area contributed by atoms with Gasteiger partial charge in [0.15, 0.2) is 17.6 Å². The van der Waals surface area contributed by atoms with Gasteiger partial charge in [-0.25, -0.2) is 14.8 Å². The Morgan fingerprint density at radius 1 is 0.957 bits per heavy atom. The average molecular weight is 616 g/mol. The quantitative estimate of drug-likeness (QED) is 0.215. The summed E-state index contributed by atoms with van der Waals surface area (Å²) in [6.07, 6.45) is 4.17. The maximum absolute atomic E-state index is 13.3. The van der Waals surface area contributed by atoms with Crippen LogP contribution in [0.3, 0.4) is 0 Å². The van der Waals surface area contributed by atoms with Crippen LogP contribution >= 0.6 is 0 Å². The number of benzene rings is 2. The highest BCUT2D eigenvalue weighted by molar-refractivity contribution is 6.13. The van der Waals surface area contributed by atoms with Crippen molar-refractivity contribution >= 4 is 40.2 Å². The fourth-order valence-electron chi connectivity index (χ4n) is 5.29. The van der Waals surface area contributed by atoms with Crippen LogP contribution in [0.2, 0.25) is 0 Å². The van der Waals surface area contributed by atoms with Gasteiger partial charge in [-0.2, -0.15) is 0 Å². The minimum atomic E-state index is -1.30. The van der Waals surface area contributed by atoms with Gasteiger partial charge in [0, 0.05) is 30.9 Å². The third kappa shape index (κ3) is 6.68. The molecule has 2 amide bonds. The lowest BCUT2D eigenvalue weighted by molar-refractivity contribution is -0.129. The molecule has 3 aromatic heterocycles. The zero-order valence-corrected chi connectivity index (χ0v) is 25.7. The van der Waals surface area contributed by atoms with E-state index in [1.807, 2.05) is 66.7 Å². The topological polar surface area (TPSA) is 139 Å². The molecule has 1 saturated heterocycles. The molecule has 2 N–H and O–H groups in total. The number of anilines is 2. The summed E-state index contributed by atoms with van der Waals surface area (Å²) in [5, 5.41) is 7.06. The van der Waals surface area contributed by atoms with Gasteiger partial charge in [-0.3, -0.25) is 24.5 Å². The molecule has 11 nitrogen and oxygen atoms in total. The molecular formula is C35H33N7O4. The molecular weight excluding hydrogens is 582 g/mol. The lowest BCUT2D eigenvalue weighted by atomic mass is 10.0.